The molecule has 0 aromatic carbocycles. The number of rotatable bonds is 5. The summed E-state index contributed by atoms with van der Waals surface area (Å²) in [5, 5.41) is 26.6. The van der Waals surface area contributed by atoms with Crippen LogP contribution >= 0.6 is 0 Å². The van der Waals surface area contributed by atoms with Crippen LogP contribution in [0.2, 0.25) is 0 Å². The zero-order valence-corrected chi connectivity index (χ0v) is 11.5. The molecule has 0 bridgehead atoms. The fraction of sp³-hybridized carbons (Fsp3) is 0.615. The summed E-state index contributed by atoms with van der Waals surface area (Å²) < 4.78 is 0. The lowest BCUT2D eigenvalue weighted by molar-refractivity contribution is -0.384. The number of aliphatic hydroxyl groups is 1. The Labute approximate surface area is 117 Å². The fourth-order valence-corrected chi connectivity index (χ4v) is 2.40. The van der Waals surface area contributed by atoms with E-state index in [4.69, 9.17) is 0 Å². The maximum Gasteiger partial charge on any atom is 0.276 e. The number of nitro groups is 1. The summed E-state index contributed by atoms with van der Waals surface area (Å²) in [5.74, 6) is 1.01. The fourth-order valence-electron chi connectivity index (χ4n) is 2.40. The van der Waals surface area contributed by atoms with Crippen LogP contribution in [0.4, 0.5) is 17.3 Å². The number of anilines is 2. The molecule has 1 saturated carbocycles. The lowest BCUT2D eigenvalue weighted by atomic mass is 9.93. The van der Waals surface area contributed by atoms with Crippen LogP contribution in [-0.2, 0) is 0 Å². The third-order valence-corrected chi connectivity index (χ3v) is 3.43. The van der Waals surface area contributed by atoms with Crippen molar-refractivity contribution in [3.8, 4) is 0 Å². The number of nitrogens with one attached hydrogen (secondary N) is 2. The Kier molecular flexibility index (Phi) is 4.73. The molecule has 7 nitrogen and oxygen atoms in total. The molecule has 0 atom stereocenters. The number of hydrogen-bond acceptors (Lipinski definition) is 6. The molecular formula is C13H20N4O3. The van der Waals surface area contributed by atoms with Gasteiger partial charge in [0.2, 0.25) is 0 Å². The number of nitrogens with zero attached hydrogens (tertiary/aromatic N) is 2. The molecule has 0 amide bonds. The van der Waals surface area contributed by atoms with E-state index in [0.717, 1.165) is 25.7 Å². The van der Waals surface area contributed by atoms with E-state index in [-0.39, 0.29) is 17.8 Å². The zero-order valence-electron chi connectivity index (χ0n) is 11.5. The number of pyridine rings is 1. The highest BCUT2D eigenvalue weighted by Crippen LogP contribution is 2.25. The number of aromatic nitrogens is 1. The summed E-state index contributed by atoms with van der Waals surface area (Å²) in [7, 11) is 0. The summed E-state index contributed by atoms with van der Waals surface area (Å²) >= 11 is 0. The Balaban J connectivity index is 2.11. The van der Waals surface area contributed by atoms with Crippen molar-refractivity contribution in [3.05, 3.63) is 22.2 Å². The van der Waals surface area contributed by atoms with Gasteiger partial charge >= 0.3 is 0 Å². The van der Waals surface area contributed by atoms with Crippen LogP contribution in [-0.4, -0.2) is 33.7 Å². The first kappa shape index (κ1) is 14.5. The van der Waals surface area contributed by atoms with Gasteiger partial charge in [-0.1, -0.05) is 0 Å². The molecule has 1 aliphatic rings. The van der Waals surface area contributed by atoms with E-state index in [0.29, 0.717) is 18.2 Å². The second kappa shape index (κ2) is 6.51. The van der Waals surface area contributed by atoms with Crippen LogP contribution in [0.15, 0.2) is 12.1 Å². The van der Waals surface area contributed by atoms with Crippen molar-refractivity contribution in [3.63, 3.8) is 0 Å². The third kappa shape index (κ3) is 3.80. The van der Waals surface area contributed by atoms with Crippen molar-refractivity contribution >= 4 is 17.3 Å². The van der Waals surface area contributed by atoms with Gasteiger partial charge in [0.1, 0.15) is 11.6 Å². The second-order valence-corrected chi connectivity index (χ2v) is 5.03. The van der Waals surface area contributed by atoms with E-state index in [1.807, 2.05) is 6.92 Å². The lowest BCUT2D eigenvalue weighted by Crippen LogP contribution is -2.28. The molecule has 1 heterocycles. The molecule has 0 radical (unpaired) electrons. The van der Waals surface area contributed by atoms with Crippen molar-refractivity contribution in [2.24, 2.45) is 0 Å². The zero-order chi connectivity index (χ0) is 14.5. The molecule has 0 saturated heterocycles. The Morgan fingerprint density at radius 1 is 1.35 bits per heavy atom. The van der Waals surface area contributed by atoms with Gasteiger partial charge in [0.15, 0.2) is 0 Å². The molecule has 20 heavy (non-hydrogen) atoms. The van der Waals surface area contributed by atoms with E-state index < -0.39 is 4.92 Å². The Morgan fingerprint density at radius 2 is 2.00 bits per heavy atom. The highest BCUT2D eigenvalue weighted by Gasteiger charge is 2.20. The third-order valence-electron chi connectivity index (χ3n) is 3.43. The van der Waals surface area contributed by atoms with Crippen molar-refractivity contribution < 1.29 is 10.0 Å². The highest BCUT2D eigenvalue weighted by atomic mass is 16.6. The molecular weight excluding hydrogens is 260 g/mol. The van der Waals surface area contributed by atoms with Crippen molar-refractivity contribution in [2.45, 2.75) is 44.8 Å². The van der Waals surface area contributed by atoms with Gasteiger partial charge < -0.3 is 15.7 Å². The summed E-state index contributed by atoms with van der Waals surface area (Å²) in [4.78, 5) is 14.8. The van der Waals surface area contributed by atoms with E-state index in [2.05, 4.69) is 15.6 Å². The standard InChI is InChI=1S/C13H20N4O3/c1-2-14-12-7-10(17(19)20)8-13(16-12)15-9-3-5-11(18)6-4-9/h7-9,11,18H,2-6H2,1H3,(H2,14,15,16). The largest absolute Gasteiger partial charge is 0.393 e. The van der Waals surface area contributed by atoms with Crippen molar-refractivity contribution in [2.75, 3.05) is 17.2 Å². The summed E-state index contributed by atoms with van der Waals surface area (Å²) in [6.45, 7) is 2.57. The Morgan fingerprint density at radius 3 is 2.60 bits per heavy atom. The minimum absolute atomic E-state index is 0.0225. The molecule has 0 unspecified atom stereocenters. The van der Waals surface area contributed by atoms with Gasteiger partial charge in [-0.15, -0.1) is 0 Å². The summed E-state index contributed by atoms with van der Waals surface area (Å²) in [6.07, 6.45) is 2.99. The van der Waals surface area contributed by atoms with Crippen molar-refractivity contribution in [1.82, 2.24) is 4.98 Å². The predicted octanol–water partition coefficient (Wildman–Crippen LogP) is 2.14. The van der Waals surface area contributed by atoms with Gasteiger partial charge in [-0.05, 0) is 32.6 Å². The van der Waals surface area contributed by atoms with E-state index >= 15 is 0 Å². The van der Waals surface area contributed by atoms with Crippen LogP contribution in [0, 0.1) is 10.1 Å². The quantitative estimate of drug-likeness (QED) is 0.564. The van der Waals surface area contributed by atoms with Crippen LogP contribution in [0.25, 0.3) is 0 Å². The maximum atomic E-state index is 10.9. The SMILES string of the molecule is CCNc1cc([N+](=O)[O-])cc(NC2CCC(O)CC2)n1. The summed E-state index contributed by atoms with van der Waals surface area (Å²) in [6, 6.07) is 3.09. The van der Waals surface area contributed by atoms with Gasteiger partial charge in [0, 0.05) is 12.6 Å². The first-order chi connectivity index (χ1) is 9.58. The molecule has 2 rings (SSSR count). The minimum atomic E-state index is -0.418. The van der Waals surface area contributed by atoms with Gasteiger partial charge in [-0.25, -0.2) is 4.98 Å². The predicted molar refractivity (Wildman–Crippen MR) is 76.9 cm³/mol. The Bertz CT molecular complexity index is 473. The average Bonchev–Trinajstić information content (AvgIpc) is 2.41. The molecule has 7 heteroatoms. The molecule has 1 aliphatic carbocycles. The van der Waals surface area contributed by atoms with E-state index in [1.165, 1.54) is 12.1 Å². The topological polar surface area (TPSA) is 100 Å². The van der Waals surface area contributed by atoms with Crippen LogP contribution in [0.3, 0.4) is 0 Å². The van der Waals surface area contributed by atoms with Gasteiger partial charge in [0.05, 0.1) is 23.2 Å². The molecule has 3 N–H and O–H groups in total. The molecule has 110 valence electrons. The second-order valence-electron chi connectivity index (χ2n) is 5.03. The molecule has 0 aliphatic heterocycles. The minimum Gasteiger partial charge on any atom is -0.393 e. The smallest absolute Gasteiger partial charge is 0.276 e. The number of aliphatic hydroxyl groups excluding tert-OH is 1. The molecule has 1 aromatic rings. The van der Waals surface area contributed by atoms with Crippen LogP contribution in [0.5, 0.6) is 0 Å². The molecule has 1 aromatic heterocycles. The van der Waals surface area contributed by atoms with Gasteiger partial charge in [0.25, 0.3) is 5.69 Å². The molecule has 1 fully saturated rings. The van der Waals surface area contributed by atoms with Crippen LogP contribution in [0.1, 0.15) is 32.6 Å². The first-order valence-corrected chi connectivity index (χ1v) is 6.93. The van der Waals surface area contributed by atoms with E-state index in [1.54, 1.807) is 0 Å². The van der Waals surface area contributed by atoms with Crippen LogP contribution < -0.4 is 10.6 Å². The van der Waals surface area contributed by atoms with Gasteiger partial charge in [-0.2, -0.15) is 0 Å². The van der Waals surface area contributed by atoms with E-state index in [9.17, 15) is 15.2 Å². The first-order valence-electron chi connectivity index (χ1n) is 6.93. The Hall–Kier alpha value is -1.89. The van der Waals surface area contributed by atoms with Gasteiger partial charge in [-0.3, -0.25) is 10.1 Å². The molecule has 0 spiro atoms. The number of hydrogen-bond donors (Lipinski definition) is 3. The normalized spacial score (nSPS) is 22.3. The highest BCUT2D eigenvalue weighted by molar-refractivity contribution is 5.55. The summed E-state index contributed by atoms with van der Waals surface area (Å²) in [5.41, 5.74) is 0.0225. The lowest BCUT2D eigenvalue weighted by Gasteiger charge is -2.26. The monoisotopic (exact) mass is 280 g/mol. The maximum absolute atomic E-state index is 10.9. The average molecular weight is 280 g/mol. The van der Waals surface area contributed by atoms with Crippen molar-refractivity contribution in [1.29, 1.82) is 0 Å².